The minimum Gasteiger partial charge on any atom is -0.352 e. The molecule has 118 valence electrons. The Balaban J connectivity index is 2.55. The first-order chi connectivity index (χ1) is 9.98. The number of unbranched alkanes of at least 4 members (excludes halogenated alkanes) is 1. The van der Waals surface area contributed by atoms with Crippen LogP contribution >= 0.6 is 0 Å². The monoisotopic (exact) mass is 313 g/mol. The summed E-state index contributed by atoms with van der Waals surface area (Å²) in [4.78, 5) is 11.8. The molecule has 0 saturated heterocycles. The van der Waals surface area contributed by atoms with E-state index < -0.39 is 10.0 Å². The Bertz CT molecular complexity index is 541. The van der Waals surface area contributed by atoms with Crippen molar-refractivity contribution in [3.8, 4) is 0 Å². The average molecular weight is 313 g/mol. The predicted molar refractivity (Wildman–Crippen MR) is 84.8 cm³/mol. The largest absolute Gasteiger partial charge is 0.352 e. The Hall–Kier alpha value is -1.60. The molecule has 0 aliphatic rings. The lowest BCUT2D eigenvalue weighted by atomic mass is 10.2. The van der Waals surface area contributed by atoms with Crippen LogP contribution < -0.4 is 15.8 Å². The highest BCUT2D eigenvalue weighted by Crippen LogP contribution is 2.12. The summed E-state index contributed by atoms with van der Waals surface area (Å²) in [7, 11) is -3.30. The van der Waals surface area contributed by atoms with Gasteiger partial charge < -0.3 is 11.1 Å². The van der Waals surface area contributed by atoms with Crippen LogP contribution in [0.5, 0.6) is 0 Å². The lowest BCUT2D eigenvalue weighted by Crippen LogP contribution is -2.24. The third-order valence-electron chi connectivity index (χ3n) is 2.81. The number of amides is 1. The summed E-state index contributed by atoms with van der Waals surface area (Å²) in [6, 6.07) is 6.37. The van der Waals surface area contributed by atoms with Gasteiger partial charge in [-0.05, 0) is 50.1 Å². The van der Waals surface area contributed by atoms with E-state index in [0.29, 0.717) is 30.8 Å². The number of nitrogens with two attached hydrogens (primary N) is 1. The fraction of sp³-hybridized carbons (Fsp3) is 0.500. The molecule has 0 heterocycles. The van der Waals surface area contributed by atoms with E-state index in [1.807, 2.05) is 0 Å². The van der Waals surface area contributed by atoms with E-state index in [0.717, 1.165) is 12.8 Å². The summed E-state index contributed by atoms with van der Waals surface area (Å²) in [5.41, 5.74) is 6.34. The number of carbonyl (C=O) groups excluding carboxylic acids is 1. The van der Waals surface area contributed by atoms with Crippen molar-refractivity contribution in [3.05, 3.63) is 29.8 Å². The zero-order chi connectivity index (χ0) is 15.7. The van der Waals surface area contributed by atoms with Crippen LogP contribution in [0.2, 0.25) is 0 Å². The topological polar surface area (TPSA) is 101 Å². The lowest BCUT2D eigenvalue weighted by Gasteiger charge is -2.08. The number of hydrogen-bond donors (Lipinski definition) is 3. The SMILES string of the molecule is CCCS(=O)(=O)Nc1ccc(C(=O)NCCCCN)cc1. The van der Waals surface area contributed by atoms with Crippen LogP contribution in [-0.2, 0) is 10.0 Å². The first-order valence-electron chi connectivity index (χ1n) is 7.07. The van der Waals surface area contributed by atoms with Crippen LogP contribution in [0.4, 0.5) is 5.69 Å². The van der Waals surface area contributed by atoms with Crippen molar-refractivity contribution < 1.29 is 13.2 Å². The lowest BCUT2D eigenvalue weighted by molar-refractivity contribution is 0.0953. The molecule has 0 bridgehead atoms. The molecular weight excluding hydrogens is 290 g/mol. The van der Waals surface area contributed by atoms with Gasteiger partial charge in [0.2, 0.25) is 10.0 Å². The molecular formula is C14H23N3O3S. The molecule has 0 saturated carbocycles. The molecule has 0 atom stereocenters. The quantitative estimate of drug-likeness (QED) is 0.598. The van der Waals surface area contributed by atoms with E-state index in [-0.39, 0.29) is 11.7 Å². The Morgan fingerprint density at radius 2 is 1.86 bits per heavy atom. The van der Waals surface area contributed by atoms with E-state index in [1.165, 1.54) is 0 Å². The van der Waals surface area contributed by atoms with Gasteiger partial charge in [-0.15, -0.1) is 0 Å². The molecule has 0 unspecified atom stereocenters. The molecule has 7 heteroatoms. The van der Waals surface area contributed by atoms with E-state index in [4.69, 9.17) is 5.73 Å². The highest BCUT2D eigenvalue weighted by atomic mass is 32.2. The van der Waals surface area contributed by atoms with Crippen molar-refractivity contribution in [1.29, 1.82) is 0 Å². The number of sulfonamides is 1. The van der Waals surface area contributed by atoms with Crippen LogP contribution in [-0.4, -0.2) is 33.2 Å². The third-order valence-corrected chi connectivity index (χ3v) is 4.30. The fourth-order valence-corrected chi connectivity index (χ4v) is 2.90. The van der Waals surface area contributed by atoms with Crippen molar-refractivity contribution in [2.45, 2.75) is 26.2 Å². The van der Waals surface area contributed by atoms with Gasteiger partial charge in [-0.1, -0.05) is 6.92 Å². The van der Waals surface area contributed by atoms with Crippen molar-refractivity contribution in [2.75, 3.05) is 23.6 Å². The molecule has 21 heavy (non-hydrogen) atoms. The maximum atomic E-state index is 11.8. The van der Waals surface area contributed by atoms with Crippen LogP contribution in [0.1, 0.15) is 36.5 Å². The summed E-state index contributed by atoms with van der Waals surface area (Å²) < 4.78 is 25.7. The van der Waals surface area contributed by atoms with Gasteiger partial charge in [0.15, 0.2) is 0 Å². The molecule has 6 nitrogen and oxygen atoms in total. The van der Waals surface area contributed by atoms with E-state index in [2.05, 4.69) is 10.0 Å². The number of carbonyl (C=O) groups is 1. The van der Waals surface area contributed by atoms with Crippen LogP contribution in [0.3, 0.4) is 0 Å². The van der Waals surface area contributed by atoms with Gasteiger partial charge in [0.25, 0.3) is 5.91 Å². The van der Waals surface area contributed by atoms with Crippen molar-refractivity contribution in [1.82, 2.24) is 5.32 Å². The van der Waals surface area contributed by atoms with Crippen LogP contribution in [0.15, 0.2) is 24.3 Å². The minimum absolute atomic E-state index is 0.0797. The number of rotatable bonds is 9. The molecule has 0 fully saturated rings. The summed E-state index contributed by atoms with van der Waals surface area (Å²) in [6.45, 7) is 3.00. The number of anilines is 1. The number of nitrogens with one attached hydrogen (secondary N) is 2. The Kier molecular flexibility index (Phi) is 7.18. The van der Waals surface area contributed by atoms with Crippen LogP contribution in [0, 0.1) is 0 Å². The fourth-order valence-electron chi connectivity index (χ4n) is 1.76. The summed E-state index contributed by atoms with van der Waals surface area (Å²) in [5, 5.41) is 2.79. The number of benzene rings is 1. The predicted octanol–water partition coefficient (Wildman–Crippen LogP) is 1.31. The van der Waals surface area contributed by atoms with E-state index >= 15 is 0 Å². The molecule has 1 aromatic rings. The highest BCUT2D eigenvalue weighted by Gasteiger charge is 2.09. The third kappa shape index (κ3) is 6.59. The summed E-state index contributed by atoms with van der Waals surface area (Å²) in [5.74, 6) is -0.0916. The zero-order valence-electron chi connectivity index (χ0n) is 12.3. The maximum Gasteiger partial charge on any atom is 0.251 e. The Labute approximate surface area is 126 Å². The Morgan fingerprint density at radius 1 is 1.19 bits per heavy atom. The standard InChI is InChI=1S/C14H23N3O3S/c1-2-11-21(19,20)17-13-7-5-12(6-8-13)14(18)16-10-4-3-9-15/h5-8,17H,2-4,9-11,15H2,1H3,(H,16,18). The zero-order valence-corrected chi connectivity index (χ0v) is 13.1. The first kappa shape index (κ1) is 17.5. The average Bonchev–Trinajstić information content (AvgIpc) is 2.43. The van der Waals surface area contributed by atoms with Gasteiger partial charge in [0, 0.05) is 17.8 Å². The van der Waals surface area contributed by atoms with Gasteiger partial charge in [-0.25, -0.2) is 8.42 Å². The molecule has 0 aliphatic carbocycles. The van der Waals surface area contributed by atoms with Crippen LogP contribution in [0.25, 0.3) is 0 Å². The first-order valence-corrected chi connectivity index (χ1v) is 8.72. The van der Waals surface area contributed by atoms with E-state index in [1.54, 1.807) is 31.2 Å². The second-order valence-electron chi connectivity index (χ2n) is 4.75. The van der Waals surface area contributed by atoms with Crippen molar-refractivity contribution in [2.24, 2.45) is 5.73 Å². The second-order valence-corrected chi connectivity index (χ2v) is 6.59. The molecule has 1 aromatic carbocycles. The van der Waals surface area contributed by atoms with Gasteiger partial charge >= 0.3 is 0 Å². The highest BCUT2D eigenvalue weighted by molar-refractivity contribution is 7.92. The minimum atomic E-state index is -3.30. The van der Waals surface area contributed by atoms with Crippen molar-refractivity contribution >= 4 is 21.6 Å². The molecule has 0 aliphatic heterocycles. The van der Waals surface area contributed by atoms with Gasteiger partial charge in [-0.2, -0.15) is 0 Å². The normalized spacial score (nSPS) is 11.1. The van der Waals surface area contributed by atoms with Gasteiger partial charge in [-0.3, -0.25) is 9.52 Å². The molecule has 1 rings (SSSR count). The molecule has 0 spiro atoms. The van der Waals surface area contributed by atoms with E-state index in [9.17, 15) is 13.2 Å². The summed E-state index contributed by atoms with van der Waals surface area (Å²) in [6.07, 6.45) is 2.27. The maximum absolute atomic E-state index is 11.8. The smallest absolute Gasteiger partial charge is 0.251 e. The number of hydrogen-bond acceptors (Lipinski definition) is 4. The molecule has 4 N–H and O–H groups in total. The van der Waals surface area contributed by atoms with Gasteiger partial charge in [0.05, 0.1) is 5.75 Å². The molecule has 0 radical (unpaired) electrons. The molecule has 1 amide bonds. The van der Waals surface area contributed by atoms with Gasteiger partial charge in [0.1, 0.15) is 0 Å². The molecule has 0 aromatic heterocycles. The summed E-state index contributed by atoms with van der Waals surface area (Å²) >= 11 is 0. The van der Waals surface area contributed by atoms with Crippen molar-refractivity contribution in [3.63, 3.8) is 0 Å². The Morgan fingerprint density at radius 3 is 2.43 bits per heavy atom. The second kappa shape index (κ2) is 8.63.